The van der Waals surface area contributed by atoms with Gasteiger partial charge in [-0.05, 0) is 31.0 Å². The van der Waals surface area contributed by atoms with Crippen molar-refractivity contribution in [1.29, 1.82) is 0 Å². The van der Waals surface area contributed by atoms with Crippen molar-refractivity contribution in [2.24, 2.45) is 0 Å². The van der Waals surface area contributed by atoms with E-state index in [0.717, 1.165) is 11.1 Å². The molecular weight excluding hydrogens is 224 g/mol. The summed E-state index contributed by atoms with van der Waals surface area (Å²) < 4.78 is 27.3. The van der Waals surface area contributed by atoms with Crippen LogP contribution in [0.4, 0.5) is 0 Å². The zero-order valence-corrected chi connectivity index (χ0v) is 9.74. The van der Waals surface area contributed by atoms with E-state index in [2.05, 4.69) is 0 Å². The minimum atomic E-state index is -3.74. The van der Waals surface area contributed by atoms with Crippen LogP contribution in [-0.4, -0.2) is 15.5 Å². The van der Waals surface area contributed by atoms with Gasteiger partial charge in [-0.3, -0.25) is 0 Å². The maximum absolute atomic E-state index is 11.2. The van der Waals surface area contributed by atoms with Crippen LogP contribution in [0.3, 0.4) is 0 Å². The van der Waals surface area contributed by atoms with Gasteiger partial charge in [0.15, 0.2) is 0 Å². The Morgan fingerprint density at radius 1 is 1.29 bits per heavy atom. The Kier molecular flexibility index (Phi) is 3.07. The van der Waals surface area contributed by atoms with Gasteiger partial charge in [-0.2, -0.15) is 0 Å². The lowest BCUT2D eigenvalue weighted by atomic mass is 10.1. The van der Waals surface area contributed by atoms with Crippen molar-refractivity contribution < 1.29 is 13.2 Å². The predicted molar refractivity (Wildman–Crippen MR) is 55.5 cm³/mol. The summed E-state index contributed by atoms with van der Waals surface area (Å²) in [5.74, 6) is 0.319. The average Bonchev–Trinajstić information content (AvgIpc) is 2.07. The predicted octanol–water partition coefficient (Wildman–Crippen LogP) is 2.24. The molecule has 0 fully saturated rings. The lowest BCUT2D eigenvalue weighted by Gasteiger charge is -2.10. The number of hydrogen-bond acceptors (Lipinski definition) is 3. The molecule has 78 valence electrons. The molecule has 0 aromatic heterocycles. The Hall–Kier alpha value is -0.740. The highest BCUT2D eigenvalue weighted by Gasteiger charge is 2.18. The molecule has 14 heavy (non-hydrogen) atoms. The van der Waals surface area contributed by atoms with E-state index in [9.17, 15) is 8.42 Å². The molecule has 0 aliphatic carbocycles. The number of hydrogen-bond donors (Lipinski definition) is 0. The van der Waals surface area contributed by atoms with Crippen molar-refractivity contribution in [3.8, 4) is 5.75 Å². The highest BCUT2D eigenvalue weighted by atomic mass is 35.7. The van der Waals surface area contributed by atoms with E-state index in [1.807, 2.05) is 6.92 Å². The van der Waals surface area contributed by atoms with Crippen molar-refractivity contribution in [2.45, 2.75) is 18.7 Å². The van der Waals surface area contributed by atoms with Gasteiger partial charge in [0.05, 0.1) is 7.11 Å². The fraction of sp³-hybridized carbons (Fsp3) is 0.333. The Morgan fingerprint density at radius 2 is 1.86 bits per heavy atom. The normalized spacial score (nSPS) is 11.4. The first-order valence-corrected chi connectivity index (χ1v) is 6.27. The number of ether oxygens (including phenoxy) is 1. The molecule has 0 spiro atoms. The molecule has 3 nitrogen and oxygen atoms in total. The van der Waals surface area contributed by atoms with Gasteiger partial charge in [-0.25, -0.2) is 8.42 Å². The molecule has 0 aliphatic rings. The van der Waals surface area contributed by atoms with Gasteiger partial charge in [0, 0.05) is 10.7 Å². The summed E-state index contributed by atoms with van der Waals surface area (Å²) in [5, 5.41) is 0. The molecule has 0 aliphatic heterocycles. The molecule has 1 rings (SSSR count). The summed E-state index contributed by atoms with van der Waals surface area (Å²) in [4.78, 5) is 0.0183. The van der Waals surface area contributed by atoms with Crippen LogP contribution in [0.25, 0.3) is 0 Å². The molecule has 0 atom stereocenters. The van der Waals surface area contributed by atoms with E-state index in [-0.39, 0.29) is 4.90 Å². The van der Waals surface area contributed by atoms with Crippen LogP contribution in [0, 0.1) is 13.8 Å². The molecule has 1 aromatic rings. The van der Waals surface area contributed by atoms with E-state index in [1.54, 1.807) is 13.0 Å². The van der Waals surface area contributed by atoms with Crippen molar-refractivity contribution in [3.05, 3.63) is 23.3 Å². The largest absolute Gasteiger partial charge is 0.495 e. The van der Waals surface area contributed by atoms with E-state index < -0.39 is 9.05 Å². The number of rotatable bonds is 2. The molecule has 5 heteroatoms. The molecule has 0 unspecified atom stereocenters. The van der Waals surface area contributed by atoms with Crippen LogP contribution >= 0.6 is 10.7 Å². The molecule has 0 heterocycles. The number of aryl methyl sites for hydroxylation is 1. The van der Waals surface area contributed by atoms with E-state index in [4.69, 9.17) is 15.4 Å². The second-order valence-corrected chi connectivity index (χ2v) is 5.51. The van der Waals surface area contributed by atoms with Gasteiger partial charge in [-0.15, -0.1) is 0 Å². The van der Waals surface area contributed by atoms with Gasteiger partial charge in [-0.1, -0.05) is 6.07 Å². The summed E-state index contributed by atoms with van der Waals surface area (Å²) in [7, 11) is 2.95. The first kappa shape index (κ1) is 11.3. The minimum Gasteiger partial charge on any atom is -0.495 e. The lowest BCUT2D eigenvalue weighted by Crippen LogP contribution is -1.99. The number of halogens is 1. The number of benzene rings is 1. The highest BCUT2D eigenvalue weighted by molar-refractivity contribution is 8.13. The second-order valence-electron chi connectivity index (χ2n) is 2.98. The van der Waals surface area contributed by atoms with Crippen LogP contribution in [-0.2, 0) is 9.05 Å². The van der Waals surface area contributed by atoms with Crippen LogP contribution in [0.15, 0.2) is 17.0 Å². The zero-order valence-electron chi connectivity index (χ0n) is 8.17. The first-order chi connectivity index (χ1) is 6.38. The quantitative estimate of drug-likeness (QED) is 0.738. The van der Waals surface area contributed by atoms with Crippen molar-refractivity contribution in [1.82, 2.24) is 0 Å². The summed E-state index contributed by atoms with van der Waals surface area (Å²) in [6.45, 7) is 3.67. The fourth-order valence-electron chi connectivity index (χ4n) is 1.21. The summed E-state index contributed by atoms with van der Waals surface area (Å²) in [6.07, 6.45) is 0. The Morgan fingerprint density at radius 3 is 2.29 bits per heavy atom. The standard InChI is InChI=1S/C9H11ClO3S/c1-6-4-5-8(14(10,11)12)9(13-3)7(6)2/h4-5H,1-3H3. The van der Waals surface area contributed by atoms with E-state index >= 15 is 0 Å². The van der Waals surface area contributed by atoms with Crippen molar-refractivity contribution in [2.75, 3.05) is 7.11 Å². The summed E-state index contributed by atoms with van der Waals surface area (Å²) in [5.41, 5.74) is 1.75. The third-order valence-electron chi connectivity index (χ3n) is 2.11. The SMILES string of the molecule is COc1c(S(=O)(=O)Cl)ccc(C)c1C. The molecular formula is C9H11ClO3S. The Balaban J connectivity index is 3.55. The highest BCUT2D eigenvalue weighted by Crippen LogP contribution is 2.31. The molecule has 0 N–H and O–H groups in total. The smallest absolute Gasteiger partial charge is 0.264 e. The molecule has 0 radical (unpaired) electrons. The average molecular weight is 235 g/mol. The molecule has 0 amide bonds. The lowest BCUT2D eigenvalue weighted by molar-refractivity contribution is 0.399. The summed E-state index contributed by atoms with van der Waals surface area (Å²) >= 11 is 0. The van der Waals surface area contributed by atoms with Gasteiger partial charge in [0.1, 0.15) is 10.6 Å². The van der Waals surface area contributed by atoms with E-state index in [0.29, 0.717) is 5.75 Å². The minimum absolute atomic E-state index is 0.0183. The second kappa shape index (κ2) is 3.79. The maximum Gasteiger partial charge on any atom is 0.264 e. The van der Waals surface area contributed by atoms with Crippen LogP contribution in [0.2, 0.25) is 0 Å². The van der Waals surface area contributed by atoms with Crippen molar-refractivity contribution >= 4 is 19.7 Å². The molecule has 0 saturated heterocycles. The van der Waals surface area contributed by atoms with Crippen LogP contribution < -0.4 is 4.74 Å². The number of methoxy groups -OCH3 is 1. The Bertz CT molecular complexity index is 451. The Labute approximate surface area is 88.1 Å². The van der Waals surface area contributed by atoms with Crippen LogP contribution in [0.5, 0.6) is 5.75 Å². The molecule has 1 aromatic carbocycles. The van der Waals surface area contributed by atoms with Gasteiger partial charge in [0.2, 0.25) is 0 Å². The summed E-state index contributed by atoms with van der Waals surface area (Å²) in [6, 6.07) is 3.15. The van der Waals surface area contributed by atoms with E-state index in [1.165, 1.54) is 13.2 Å². The van der Waals surface area contributed by atoms with Gasteiger partial charge < -0.3 is 4.74 Å². The van der Waals surface area contributed by atoms with Gasteiger partial charge >= 0.3 is 0 Å². The maximum atomic E-state index is 11.2. The first-order valence-electron chi connectivity index (χ1n) is 3.96. The molecule has 0 bridgehead atoms. The third-order valence-corrected chi connectivity index (χ3v) is 3.45. The third kappa shape index (κ3) is 2.01. The van der Waals surface area contributed by atoms with Crippen molar-refractivity contribution in [3.63, 3.8) is 0 Å². The van der Waals surface area contributed by atoms with Gasteiger partial charge in [0.25, 0.3) is 9.05 Å². The molecule has 0 saturated carbocycles. The zero-order chi connectivity index (χ0) is 10.9. The fourth-order valence-corrected chi connectivity index (χ4v) is 2.26. The van der Waals surface area contributed by atoms with Crippen LogP contribution in [0.1, 0.15) is 11.1 Å². The topological polar surface area (TPSA) is 43.4 Å². The monoisotopic (exact) mass is 234 g/mol.